The van der Waals surface area contributed by atoms with Gasteiger partial charge in [-0.3, -0.25) is 9.78 Å². The van der Waals surface area contributed by atoms with Crippen LogP contribution in [0.2, 0.25) is 5.02 Å². The van der Waals surface area contributed by atoms with E-state index >= 15 is 0 Å². The van der Waals surface area contributed by atoms with Crippen LogP contribution in [0.15, 0.2) is 67.0 Å². The van der Waals surface area contributed by atoms with Gasteiger partial charge >= 0.3 is 0 Å². The Kier molecular flexibility index (Phi) is 4.81. The summed E-state index contributed by atoms with van der Waals surface area (Å²) in [6, 6.07) is 19.2. The normalized spacial score (nSPS) is 24.2. The van der Waals surface area contributed by atoms with Crippen LogP contribution in [0.1, 0.15) is 57.8 Å². The number of carbonyl (C=O) groups excluding carboxylic acids is 1. The second kappa shape index (κ2) is 7.72. The molecule has 2 aromatic carbocycles. The highest BCUT2D eigenvalue weighted by molar-refractivity contribution is 6.30. The molecule has 1 fully saturated rings. The van der Waals surface area contributed by atoms with Gasteiger partial charge in [0.1, 0.15) is 0 Å². The third-order valence-electron chi connectivity index (χ3n) is 7.67. The van der Waals surface area contributed by atoms with Gasteiger partial charge < -0.3 is 10.2 Å². The van der Waals surface area contributed by atoms with Crippen molar-refractivity contribution in [2.24, 2.45) is 0 Å². The van der Waals surface area contributed by atoms with Crippen molar-refractivity contribution in [2.75, 3.05) is 19.6 Å². The second-order valence-electron chi connectivity index (χ2n) is 9.42. The summed E-state index contributed by atoms with van der Waals surface area (Å²) in [6.45, 7) is 3.00. The lowest BCUT2D eigenvalue weighted by molar-refractivity contribution is 0.0905. The molecule has 1 N–H and O–H groups in total. The number of hydrogen-bond acceptors (Lipinski definition) is 3. The summed E-state index contributed by atoms with van der Waals surface area (Å²) in [5.74, 6) is 0.479. The van der Waals surface area contributed by atoms with Gasteiger partial charge in [-0.05, 0) is 65.8 Å². The van der Waals surface area contributed by atoms with Crippen molar-refractivity contribution < 1.29 is 4.79 Å². The highest BCUT2D eigenvalue weighted by atomic mass is 35.5. The number of benzene rings is 2. The molecule has 2 aliphatic carbocycles. The predicted molar refractivity (Wildman–Crippen MR) is 126 cm³/mol. The number of likely N-dealkylation sites (tertiary alicyclic amines) is 1. The van der Waals surface area contributed by atoms with Crippen molar-refractivity contribution in [2.45, 2.75) is 36.6 Å². The summed E-state index contributed by atoms with van der Waals surface area (Å²) < 4.78 is 0. The number of halogens is 1. The summed E-state index contributed by atoms with van der Waals surface area (Å²) in [5, 5.41) is 4.03. The maximum atomic E-state index is 12.5. The maximum absolute atomic E-state index is 12.5. The van der Waals surface area contributed by atoms with E-state index in [2.05, 4.69) is 51.6 Å². The summed E-state index contributed by atoms with van der Waals surface area (Å²) in [5.41, 5.74) is 6.53. The Morgan fingerprint density at radius 1 is 1.03 bits per heavy atom. The molecule has 2 bridgehead atoms. The minimum atomic E-state index is -0.00336. The van der Waals surface area contributed by atoms with E-state index < -0.39 is 0 Å². The topological polar surface area (TPSA) is 45.2 Å². The monoisotopic (exact) mass is 443 g/mol. The first kappa shape index (κ1) is 20.0. The smallest absolute Gasteiger partial charge is 0.251 e. The molecular weight excluding hydrogens is 418 g/mol. The number of nitrogens with zero attached hydrogens (tertiary/aromatic N) is 2. The zero-order valence-corrected chi connectivity index (χ0v) is 18.7. The molecule has 32 heavy (non-hydrogen) atoms. The van der Waals surface area contributed by atoms with E-state index in [-0.39, 0.29) is 17.4 Å². The molecule has 1 aromatic heterocycles. The average Bonchev–Trinajstić information content (AvgIpc) is 3.32. The Balaban J connectivity index is 1.19. The fourth-order valence-electron chi connectivity index (χ4n) is 6.21. The predicted octanol–water partition coefficient (Wildman–Crippen LogP) is 4.76. The molecule has 0 radical (unpaired) electrons. The molecule has 2 atom stereocenters. The number of carbonyl (C=O) groups is 1. The number of amides is 1. The standard InChI is InChI=1S/C27H26ClN3O/c28-19-5-6-22-23-16-27(25(22)15-19,24-4-2-1-3-21(23)24)17-31-13-9-20(10-14-31)30-26(32)18-7-11-29-12-8-18/h1-8,11-12,15,20,23H,9-10,13-14,16-17H2,(H,30,32). The van der Waals surface area contributed by atoms with Crippen molar-refractivity contribution in [3.63, 3.8) is 0 Å². The number of piperidine rings is 1. The van der Waals surface area contributed by atoms with Crippen LogP contribution in [0.5, 0.6) is 0 Å². The number of aromatic nitrogens is 1. The molecule has 4 nitrogen and oxygen atoms in total. The summed E-state index contributed by atoms with van der Waals surface area (Å²) in [4.78, 5) is 19.1. The minimum absolute atomic E-state index is 0.00336. The lowest BCUT2D eigenvalue weighted by atomic mass is 9.74. The van der Waals surface area contributed by atoms with Gasteiger partial charge in [0.05, 0.1) is 0 Å². The van der Waals surface area contributed by atoms with Gasteiger partial charge in [0.15, 0.2) is 0 Å². The van der Waals surface area contributed by atoms with Gasteiger partial charge in [0.2, 0.25) is 0 Å². The number of nitrogens with one attached hydrogen (secondary N) is 1. The van der Waals surface area contributed by atoms with Crippen LogP contribution >= 0.6 is 11.6 Å². The third kappa shape index (κ3) is 3.16. The summed E-state index contributed by atoms with van der Waals surface area (Å²) in [7, 11) is 0. The van der Waals surface area contributed by atoms with Gasteiger partial charge in [0, 0.05) is 60.0 Å². The molecule has 5 heteroatoms. The van der Waals surface area contributed by atoms with Crippen molar-refractivity contribution >= 4 is 17.5 Å². The van der Waals surface area contributed by atoms with Gasteiger partial charge in [-0.15, -0.1) is 0 Å². The fraction of sp³-hybridized carbons (Fsp3) is 0.333. The molecule has 1 amide bonds. The highest BCUT2D eigenvalue weighted by Crippen LogP contribution is 2.60. The molecule has 2 heterocycles. The van der Waals surface area contributed by atoms with Crippen LogP contribution < -0.4 is 5.32 Å². The van der Waals surface area contributed by atoms with Crippen molar-refractivity contribution in [1.82, 2.24) is 15.2 Å². The first-order valence-corrected chi connectivity index (χ1v) is 11.8. The van der Waals surface area contributed by atoms with Crippen LogP contribution in [0.25, 0.3) is 0 Å². The first-order chi connectivity index (χ1) is 15.6. The third-order valence-corrected chi connectivity index (χ3v) is 7.90. The van der Waals surface area contributed by atoms with E-state index in [0.29, 0.717) is 11.5 Å². The van der Waals surface area contributed by atoms with Crippen LogP contribution in [0.3, 0.4) is 0 Å². The molecule has 0 spiro atoms. The van der Waals surface area contributed by atoms with E-state index in [1.165, 1.54) is 22.3 Å². The van der Waals surface area contributed by atoms with Crippen LogP contribution in [-0.4, -0.2) is 41.5 Å². The summed E-state index contributed by atoms with van der Waals surface area (Å²) >= 11 is 6.45. The van der Waals surface area contributed by atoms with Gasteiger partial charge in [-0.25, -0.2) is 0 Å². The zero-order valence-electron chi connectivity index (χ0n) is 17.9. The largest absolute Gasteiger partial charge is 0.349 e. The van der Waals surface area contributed by atoms with Gasteiger partial charge in [0.25, 0.3) is 5.91 Å². The Hall–Kier alpha value is -2.69. The van der Waals surface area contributed by atoms with Crippen LogP contribution in [0.4, 0.5) is 0 Å². The second-order valence-corrected chi connectivity index (χ2v) is 9.85. The van der Waals surface area contributed by atoms with Gasteiger partial charge in [-0.2, -0.15) is 0 Å². The lowest BCUT2D eigenvalue weighted by Gasteiger charge is -2.40. The van der Waals surface area contributed by atoms with Gasteiger partial charge in [-0.1, -0.05) is 41.9 Å². The molecule has 3 aromatic rings. The van der Waals surface area contributed by atoms with Crippen molar-refractivity contribution in [1.29, 1.82) is 0 Å². The Morgan fingerprint density at radius 3 is 2.59 bits per heavy atom. The summed E-state index contributed by atoms with van der Waals surface area (Å²) in [6.07, 6.45) is 6.41. The fourth-order valence-corrected chi connectivity index (χ4v) is 6.38. The minimum Gasteiger partial charge on any atom is -0.349 e. The van der Waals surface area contributed by atoms with Crippen LogP contribution in [-0.2, 0) is 5.41 Å². The van der Waals surface area contributed by atoms with E-state index in [9.17, 15) is 4.79 Å². The van der Waals surface area contributed by atoms with E-state index in [1.54, 1.807) is 24.5 Å². The molecular formula is C27H26ClN3O. The number of pyridine rings is 1. The first-order valence-electron chi connectivity index (χ1n) is 11.5. The van der Waals surface area contributed by atoms with E-state index in [4.69, 9.17) is 11.6 Å². The number of hydrogen-bond donors (Lipinski definition) is 1. The molecule has 0 saturated carbocycles. The van der Waals surface area contributed by atoms with Crippen molar-refractivity contribution in [3.05, 3.63) is 99.8 Å². The van der Waals surface area contributed by atoms with E-state index in [1.807, 2.05) is 6.07 Å². The lowest BCUT2D eigenvalue weighted by Crippen LogP contribution is -2.48. The zero-order chi connectivity index (χ0) is 21.7. The van der Waals surface area contributed by atoms with Crippen LogP contribution in [0, 0.1) is 0 Å². The Bertz CT molecular complexity index is 1170. The molecule has 3 aliphatic rings. The molecule has 1 saturated heterocycles. The quantitative estimate of drug-likeness (QED) is 0.632. The molecule has 2 unspecified atom stereocenters. The molecule has 6 rings (SSSR count). The number of rotatable bonds is 4. The Morgan fingerprint density at radius 2 is 1.78 bits per heavy atom. The maximum Gasteiger partial charge on any atom is 0.251 e. The number of fused-ring (bicyclic) bond motifs is 8. The van der Waals surface area contributed by atoms with Crippen molar-refractivity contribution in [3.8, 4) is 0 Å². The van der Waals surface area contributed by atoms with E-state index in [0.717, 1.165) is 43.9 Å². The highest BCUT2D eigenvalue weighted by Gasteiger charge is 2.53. The average molecular weight is 444 g/mol. The SMILES string of the molecule is O=C(NC1CCN(CC23CC(c4ccccc42)c2ccc(Cl)cc23)CC1)c1ccncc1. The Labute approximate surface area is 193 Å². The molecule has 1 aliphatic heterocycles. The molecule has 162 valence electrons.